The molecular weight excluding hydrogens is 242 g/mol. The van der Waals surface area contributed by atoms with Crippen LogP contribution in [0.15, 0.2) is 28.8 Å². The highest BCUT2D eigenvalue weighted by atomic mass is 35.5. The fraction of sp³-hybridized carbons (Fsp3) is 0.182. The van der Waals surface area contributed by atoms with Gasteiger partial charge in [0.1, 0.15) is 0 Å². The van der Waals surface area contributed by atoms with Crippen LogP contribution >= 0.6 is 11.6 Å². The predicted octanol–water partition coefficient (Wildman–Crippen LogP) is 2.21. The van der Waals surface area contributed by atoms with Gasteiger partial charge >= 0.3 is 6.01 Å². The maximum Gasteiger partial charge on any atom is 0.328 e. The first-order valence-electron chi connectivity index (χ1n) is 4.99. The number of rotatable bonds is 3. The molecule has 6 heteroatoms. The van der Waals surface area contributed by atoms with E-state index in [2.05, 4.69) is 15.5 Å². The molecule has 0 aliphatic heterocycles. The summed E-state index contributed by atoms with van der Waals surface area (Å²) in [6.45, 7) is 1.67. The minimum absolute atomic E-state index is 0.0968. The maximum absolute atomic E-state index is 11.6. The number of carbonyl (C=O) groups is 1. The van der Waals surface area contributed by atoms with Gasteiger partial charge in [-0.1, -0.05) is 35.0 Å². The van der Waals surface area contributed by atoms with Crippen molar-refractivity contribution in [1.29, 1.82) is 0 Å². The normalized spacial score (nSPS) is 10.2. The Balaban J connectivity index is 2.01. The average Bonchev–Trinajstić information content (AvgIpc) is 2.67. The zero-order valence-corrected chi connectivity index (χ0v) is 9.86. The Kier molecular flexibility index (Phi) is 3.39. The first-order valence-corrected chi connectivity index (χ1v) is 5.36. The number of nitrogens with zero attached hydrogens (tertiary/aromatic N) is 2. The number of amides is 1. The van der Waals surface area contributed by atoms with E-state index in [4.69, 9.17) is 16.1 Å². The van der Waals surface area contributed by atoms with Gasteiger partial charge < -0.3 is 4.52 Å². The van der Waals surface area contributed by atoms with E-state index < -0.39 is 0 Å². The van der Waals surface area contributed by atoms with E-state index in [0.29, 0.717) is 10.8 Å². The van der Waals surface area contributed by atoms with Crippen LogP contribution in [0.2, 0.25) is 5.02 Å². The van der Waals surface area contributed by atoms with E-state index in [1.807, 2.05) is 12.1 Å². The summed E-state index contributed by atoms with van der Waals surface area (Å²) in [5.74, 6) is 0.222. The Morgan fingerprint density at radius 2 is 2.24 bits per heavy atom. The molecule has 1 N–H and O–H groups in total. The summed E-state index contributed by atoms with van der Waals surface area (Å²) in [6.07, 6.45) is 0.168. The third kappa shape index (κ3) is 3.04. The minimum atomic E-state index is -0.248. The zero-order valence-electron chi connectivity index (χ0n) is 9.11. The summed E-state index contributed by atoms with van der Waals surface area (Å²) < 4.78 is 4.78. The number of carbonyl (C=O) groups excluding carboxylic acids is 1. The molecule has 1 aromatic heterocycles. The van der Waals surface area contributed by atoms with Crippen molar-refractivity contribution >= 4 is 23.5 Å². The minimum Gasteiger partial charge on any atom is -0.315 e. The monoisotopic (exact) mass is 251 g/mol. The van der Waals surface area contributed by atoms with Gasteiger partial charge in [-0.05, 0) is 18.6 Å². The van der Waals surface area contributed by atoms with Crippen LogP contribution < -0.4 is 5.32 Å². The van der Waals surface area contributed by atoms with Crippen molar-refractivity contribution in [3.05, 3.63) is 40.7 Å². The Hall–Kier alpha value is -1.88. The molecule has 1 amide bonds. The molecule has 0 fully saturated rings. The quantitative estimate of drug-likeness (QED) is 0.908. The number of anilines is 1. The van der Waals surface area contributed by atoms with E-state index in [9.17, 15) is 4.79 Å². The molecule has 0 aliphatic carbocycles. The van der Waals surface area contributed by atoms with Crippen molar-refractivity contribution in [2.24, 2.45) is 0 Å². The molecule has 0 unspecified atom stereocenters. The zero-order chi connectivity index (χ0) is 12.3. The van der Waals surface area contributed by atoms with Gasteiger partial charge in [0.2, 0.25) is 5.91 Å². The highest BCUT2D eigenvalue weighted by Crippen LogP contribution is 2.15. The molecule has 1 aromatic carbocycles. The van der Waals surface area contributed by atoms with Crippen molar-refractivity contribution < 1.29 is 9.32 Å². The second-order valence-electron chi connectivity index (χ2n) is 3.46. The first-order chi connectivity index (χ1) is 8.15. The molecule has 0 aliphatic rings. The van der Waals surface area contributed by atoms with Crippen molar-refractivity contribution in [2.45, 2.75) is 13.3 Å². The molecular formula is C11H10ClN3O2. The number of aromatic nitrogens is 2. The lowest BCUT2D eigenvalue weighted by Crippen LogP contribution is -2.14. The lowest BCUT2D eigenvalue weighted by atomic mass is 10.1. The van der Waals surface area contributed by atoms with E-state index in [-0.39, 0.29) is 18.3 Å². The second-order valence-corrected chi connectivity index (χ2v) is 3.87. The molecule has 2 aromatic rings. The second kappa shape index (κ2) is 4.97. The summed E-state index contributed by atoms with van der Waals surface area (Å²) in [7, 11) is 0. The Labute approximate surface area is 103 Å². The van der Waals surface area contributed by atoms with E-state index in [0.717, 1.165) is 5.56 Å². The summed E-state index contributed by atoms with van der Waals surface area (Å²) in [6, 6.07) is 7.26. The van der Waals surface area contributed by atoms with Crippen molar-refractivity contribution in [1.82, 2.24) is 10.1 Å². The highest BCUT2D eigenvalue weighted by molar-refractivity contribution is 6.31. The molecule has 0 saturated heterocycles. The topological polar surface area (TPSA) is 68.0 Å². The highest BCUT2D eigenvalue weighted by Gasteiger charge is 2.10. The number of benzene rings is 1. The van der Waals surface area contributed by atoms with Gasteiger partial charge in [-0.25, -0.2) is 0 Å². The standard InChI is InChI=1S/C11H10ClN3O2/c1-7-13-11(17-15-7)14-10(16)6-8-4-2-3-5-9(8)12/h2-5H,6H2,1H3,(H,13,14,15,16). The van der Waals surface area contributed by atoms with Crippen LogP contribution in [-0.4, -0.2) is 16.0 Å². The van der Waals surface area contributed by atoms with Gasteiger partial charge in [-0.2, -0.15) is 4.98 Å². The van der Waals surface area contributed by atoms with Crippen molar-refractivity contribution in [3.63, 3.8) is 0 Å². The van der Waals surface area contributed by atoms with Gasteiger partial charge in [-0.15, -0.1) is 0 Å². The molecule has 0 atom stereocenters. The molecule has 0 bridgehead atoms. The fourth-order valence-electron chi connectivity index (χ4n) is 1.33. The molecule has 2 rings (SSSR count). The molecule has 17 heavy (non-hydrogen) atoms. The van der Waals surface area contributed by atoms with Gasteiger partial charge in [0.05, 0.1) is 6.42 Å². The summed E-state index contributed by atoms with van der Waals surface area (Å²) in [5.41, 5.74) is 0.753. The summed E-state index contributed by atoms with van der Waals surface area (Å²) in [4.78, 5) is 15.5. The molecule has 1 heterocycles. The molecule has 0 radical (unpaired) electrons. The number of hydrogen-bond donors (Lipinski definition) is 1. The third-order valence-electron chi connectivity index (χ3n) is 2.08. The summed E-state index contributed by atoms with van der Waals surface area (Å²) >= 11 is 5.94. The molecule has 88 valence electrons. The lowest BCUT2D eigenvalue weighted by Gasteiger charge is -2.02. The Bertz CT molecular complexity index is 539. The molecule has 0 saturated carbocycles. The van der Waals surface area contributed by atoms with Gasteiger partial charge in [0, 0.05) is 5.02 Å². The van der Waals surface area contributed by atoms with Crippen molar-refractivity contribution in [3.8, 4) is 0 Å². The predicted molar refractivity (Wildman–Crippen MR) is 62.8 cm³/mol. The van der Waals surface area contributed by atoms with Crippen LogP contribution in [-0.2, 0) is 11.2 Å². The van der Waals surface area contributed by atoms with Crippen LogP contribution in [0.4, 0.5) is 6.01 Å². The first kappa shape index (κ1) is 11.6. The third-order valence-corrected chi connectivity index (χ3v) is 2.45. The van der Waals surface area contributed by atoms with Crippen LogP contribution in [0.1, 0.15) is 11.4 Å². The van der Waals surface area contributed by atoms with Crippen LogP contribution in [0, 0.1) is 6.92 Å². The van der Waals surface area contributed by atoms with Gasteiger partial charge in [0.25, 0.3) is 0 Å². The SMILES string of the molecule is Cc1noc(NC(=O)Cc2ccccc2Cl)n1. The fourth-order valence-corrected chi connectivity index (χ4v) is 1.53. The summed E-state index contributed by atoms with van der Waals surface area (Å²) in [5, 5.41) is 6.63. The Morgan fingerprint density at radius 3 is 2.88 bits per heavy atom. The smallest absolute Gasteiger partial charge is 0.315 e. The number of hydrogen-bond acceptors (Lipinski definition) is 4. The molecule has 5 nitrogen and oxygen atoms in total. The Morgan fingerprint density at radius 1 is 1.47 bits per heavy atom. The number of aryl methyl sites for hydroxylation is 1. The van der Waals surface area contributed by atoms with Gasteiger partial charge in [-0.3, -0.25) is 10.1 Å². The largest absolute Gasteiger partial charge is 0.328 e. The number of halogens is 1. The van der Waals surface area contributed by atoms with Crippen molar-refractivity contribution in [2.75, 3.05) is 5.32 Å². The maximum atomic E-state index is 11.6. The van der Waals surface area contributed by atoms with E-state index in [1.165, 1.54) is 0 Å². The van der Waals surface area contributed by atoms with Crippen LogP contribution in [0.25, 0.3) is 0 Å². The van der Waals surface area contributed by atoms with Crippen LogP contribution in [0.5, 0.6) is 0 Å². The average molecular weight is 252 g/mol. The molecule has 0 spiro atoms. The van der Waals surface area contributed by atoms with E-state index in [1.54, 1.807) is 19.1 Å². The van der Waals surface area contributed by atoms with E-state index >= 15 is 0 Å². The van der Waals surface area contributed by atoms with Crippen LogP contribution in [0.3, 0.4) is 0 Å². The number of nitrogens with one attached hydrogen (secondary N) is 1. The van der Waals surface area contributed by atoms with Gasteiger partial charge in [0.15, 0.2) is 5.82 Å². The lowest BCUT2D eigenvalue weighted by molar-refractivity contribution is -0.115.